The zero-order valence-electron chi connectivity index (χ0n) is 8.21. The van der Waals surface area contributed by atoms with Crippen molar-refractivity contribution in [1.29, 1.82) is 0 Å². The Morgan fingerprint density at radius 3 is 3.14 bits per heavy atom. The first-order valence-corrected chi connectivity index (χ1v) is 5.04. The fraction of sp³-hybridized carbons (Fsp3) is 0.333. The number of hydrogen-bond acceptors (Lipinski definition) is 1. The Kier molecular flexibility index (Phi) is 1.64. The molecule has 72 valence electrons. The zero-order valence-corrected chi connectivity index (χ0v) is 8.21. The summed E-state index contributed by atoms with van der Waals surface area (Å²) < 4.78 is 5.60. The van der Waals surface area contributed by atoms with Gasteiger partial charge in [0, 0.05) is 23.0 Å². The van der Waals surface area contributed by atoms with Crippen LogP contribution in [0.2, 0.25) is 0 Å². The maximum atomic E-state index is 5.60. The van der Waals surface area contributed by atoms with Crippen LogP contribution in [-0.2, 0) is 17.8 Å². The first-order chi connectivity index (χ1) is 6.84. The van der Waals surface area contributed by atoms with Crippen LogP contribution in [-0.4, -0.2) is 11.1 Å². The summed E-state index contributed by atoms with van der Waals surface area (Å²) in [5.41, 5.74) is 3.93. The highest BCUT2D eigenvalue weighted by Gasteiger charge is 2.19. The molecule has 0 bridgehead atoms. The summed E-state index contributed by atoms with van der Waals surface area (Å²) in [5, 5.41) is 1.36. The van der Waals surface area contributed by atoms with Gasteiger partial charge in [0.2, 0.25) is 0 Å². The molecule has 0 radical (unpaired) electrons. The maximum Gasteiger partial charge on any atom is 0.0872 e. The van der Waals surface area contributed by atoms with E-state index in [2.05, 4.69) is 36.2 Å². The second-order valence-electron chi connectivity index (χ2n) is 3.95. The predicted molar refractivity (Wildman–Crippen MR) is 56.3 cm³/mol. The summed E-state index contributed by atoms with van der Waals surface area (Å²) in [4.78, 5) is 3.41. The summed E-state index contributed by atoms with van der Waals surface area (Å²) in [5.74, 6) is 0. The van der Waals surface area contributed by atoms with E-state index in [1.54, 1.807) is 0 Å². The lowest BCUT2D eigenvalue weighted by Crippen LogP contribution is -2.18. The van der Waals surface area contributed by atoms with Crippen LogP contribution in [0.15, 0.2) is 24.3 Å². The van der Waals surface area contributed by atoms with Crippen molar-refractivity contribution >= 4 is 10.9 Å². The summed E-state index contributed by atoms with van der Waals surface area (Å²) in [6, 6.07) is 8.46. The summed E-state index contributed by atoms with van der Waals surface area (Å²) >= 11 is 0. The van der Waals surface area contributed by atoms with Gasteiger partial charge in [0.05, 0.1) is 12.7 Å². The molecule has 2 heteroatoms. The highest BCUT2D eigenvalue weighted by molar-refractivity contribution is 5.84. The third-order valence-electron chi connectivity index (χ3n) is 2.91. The summed E-state index contributed by atoms with van der Waals surface area (Å²) in [6.45, 7) is 2.86. The molecule has 2 heterocycles. The number of nitrogens with one attached hydrogen (secondary N) is 1. The molecule has 2 nitrogen and oxygen atoms in total. The molecule has 0 amide bonds. The molecule has 0 saturated heterocycles. The highest BCUT2D eigenvalue weighted by Crippen LogP contribution is 2.28. The van der Waals surface area contributed by atoms with Crippen molar-refractivity contribution in [2.24, 2.45) is 0 Å². The molecule has 2 aromatic rings. The molecule has 0 spiro atoms. The number of para-hydroxylation sites is 1. The summed E-state index contributed by atoms with van der Waals surface area (Å²) in [6.07, 6.45) is 1.38. The van der Waals surface area contributed by atoms with Crippen molar-refractivity contribution < 1.29 is 4.74 Å². The largest absolute Gasteiger partial charge is 0.372 e. The van der Waals surface area contributed by atoms with Crippen molar-refractivity contribution in [3.8, 4) is 0 Å². The smallest absolute Gasteiger partial charge is 0.0872 e. The van der Waals surface area contributed by atoms with Gasteiger partial charge in [0.15, 0.2) is 0 Å². The first kappa shape index (κ1) is 8.06. The number of aromatic amines is 1. The van der Waals surface area contributed by atoms with E-state index in [4.69, 9.17) is 4.74 Å². The number of hydrogen-bond donors (Lipinski definition) is 1. The van der Waals surface area contributed by atoms with Crippen molar-refractivity contribution in [2.75, 3.05) is 0 Å². The van der Waals surface area contributed by atoms with Gasteiger partial charge in [-0.15, -0.1) is 0 Å². The van der Waals surface area contributed by atoms with Gasteiger partial charge >= 0.3 is 0 Å². The van der Waals surface area contributed by atoms with Gasteiger partial charge in [-0.2, -0.15) is 0 Å². The number of rotatable bonds is 0. The van der Waals surface area contributed by atoms with E-state index in [0.29, 0.717) is 6.10 Å². The lowest BCUT2D eigenvalue weighted by molar-refractivity contribution is 0.0396. The minimum absolute atomic E-state index is 0.349. The standard InChI is InChI=1S/C12H13NO/c1-8-6-10-9-4-2-3-5-11(9)13-12(10)7-14-8/h2-5,8,13H,6-7H2,1H3. The zero-order chi connectivity index (χ0) is 9.54. The fourth-order valence-corrected chi connectivity index (χ4v) is 2.18. The van der Waals surface area contributed by atoms with Crippen molar-refractivity contribution in [1.82, 2.24) is 4.98 Å². The molecular formula is C12H13NO. The number of H-pyrrole nitrogens is 1. The SMILES string of the molecule is CC1Cc2c([nH]c3ccccc23)CO1. The molecule has 14 heavy (non-hydrogen) atoms. The Labute approximate surface area is 82.9 Å². The van der Waals surface area contributed by atoms with Crippen LogP contribution >= 0.6 is 0 Å². The van der Waals surface area contributed by atoms with Gasteiger partial charge in [-0.1, -0.05) is 18.2 Å². The van der Waals surface area contributed by atoms with E-state index < -0.39 is 0 Å². The van der Waals surface area contributed by atoms with Crippen molar-refractivity contribution in [3.63, 3.8) is 0 Å². The Bertz CT molecular complexity index is 472. The number of fused-ring (bicyclic) bond motifs is 3. The average molecular weight is 187 g/mol. The molecule has 1 unspecified atom stereocenters. The topological polar surface area (TPSA) is 25.0 Å². The number of benzene rings is 1. The van der Waals surface area contributed by atoms with E-state index >= 15 is 0 Å². The number of ether oxygens (including phenoxy) is 1. The normalized spacial score (nSPS) is 21.1. The van der Waals surface area contributed by atoms with E-state index in [9.17, 15) is 0 Å². The van der Waals surface area contributed by atoms with Crippen molar-refractivity contribution in [3.05, 3.63) is 35.5 Å². The molecular weight excluding hydrogens is 174 g/mol. The van der Waals surface area contributed by atoms with Crippen LogP contribution in [0.25, 0.3) is 10.9 Å². The lowest BCUT2D eigenvalue weighted by Gasteiger charge is -2.19. The Morgan fingerprint density at radius 2 is 2.21 bits per heavy atom. The van der Waals surface area contributed by atoms with Gasteiger partial charge in [-0.3, -0.25) is 0 Å². The Hall–Kier alpha value is -1.28. The molecule has 1 aliphatic rings. The van der Waals surface area contributed by atoms with E-state index in [-0.39, 0.29) is 0 Å². The van der Waals surface area contributed by atoms with Gasteiger partial charge in [0.25, 0.3) is 0 Å². The molecule has 0 aliphatic carbocycles. The van der Waals surface area contributed by atoms with Crippen LogP contribution in [0.1, 0.15) is 18.2 Å². The van der Waals surface area contributed by atoms with Crippen molar-refractivity contribution in [2.45, 2.75) is 26.1 Å². The summed E-state index contributed by atoms with van der Waals surface area (Å²) in [7, 11) is 0. The van der Waals surface area contributed by atoms with Gasteiger partial charge in [0.1, 0.15) is 0 Å². The minimum atomic E-state index is 0.349. The van der Waals surface area contributed by atoms with E-state index in [1.807, 2.05) is 0 Å². The quantitative estimate of drug-likeness (QED) is 0.673. The molecule has 1 atom stereocenters. The lowest BCUT2D eigenvalue weighted by atomic mass is 10.0. The molecule has 0 saturated carbocycles. The molecule has 3 rings (SSSR count). The average Bonchev–Trinajstić information content (AvgIpc) is 2.56. The highest BCUT2D eigenvalue weighted by atomic mass is 16.5. The third-order valence-corrected chi connectivity index (χ3v) is 2.91. The van der Waals surface area contributed by atoms with Crippen LogP contribution in [0.3, 0.4) is 0 Å². The molecule has 1 aromatic carbocycles. The second kappa shape index (κ2) is 2.85. The number of aromatic nitrogens is 1. The molecule has 0 fully saturated rings. The fourth-order valence-electron chi connectivity index (χ4n) is 2.18. The minimum Gasteiger partial charge on any atom is -0.372 e. The molecule has 1 aliphatic heterocycles. The Balaban J connectivity index is 2.25. The molecule has 1 N–H and O–H groups in total. The van der Waals surface area contributed by atoms with Crippen LogP contribution in [0, 0.1) is 0 Å². The van der Waals surface area contributed by atoms with Crippen LogP contribution < -0.4 is 0 Å². The van der Waals surface area contributed by atoms with Crippen LogP contribution in [0.5, 0.6) is 0 Å². The Morgan fingerprint density at radius 1 is 1.36 bits per heavy atom. The maximum absolute atomic E-state index is 5.60. The first-order valence-electron chi connectivity index (χ1n) is 5.04. The van der Waals surface area contributed by atoms with Gasteiger partial charge < -0.3 is 9.72 Å². The molecule has 1 aromatic heterocycles. The second-order valence-corrected chi connectivity index (χ2v) is 3.95. The predicted octanol–water partition coefficient (Wildman–Crippen LogP) is 2.63. The third kappa shape index (κ3) is 1.07. The van der Waals surface area contributed by atoms with E-state index in [0.717, 1.165) is 13.0 Å². The van der Waals surface area contributed by atoms with Gasteiger partial charge in [-0.05, 0) is 18.6 Å². The van der Waals surface area contributed by atoms with Crippen LogP contribution in [0.4, 0.5) is 0 Å². The van der Waals surface area contributed by atoms with Gasteiger partial charge in [-0.25, -0.2) is 0 Å². The monoisotopic (exact) mass is 187 g/mol. The van der Waals surface area contributed by atoms with E-state index in [1.165, 1.54) is 22.2 Å².